The number of methoxy groups -OCH3 is 1. The molecule has 3 heteroatoms. The highest BCUT2D eigenvalue weighted by Crippen LogP contribution is 2.15. The van der Waals surface area contributed by atoms with Crippen LogP contribution in [0.1, 0.15) is 25.7 Å². The van der Waals surface area contributed by atoms with Gasteiger partial charge in [-0.05, 0) is 25.7 Å². The Morgan fingerprint density at radius 2 is 2.46 bits per heavy atom. The van der Waals surface area contributed by atoms with Gasteiger partial charge in [0.2, 0.25) is 0 Å². The minimum Gasteiger partial charge on any atom is -0.466 e. The Balaban J connectivity index is 2.16. The van der Waals surface area contributed by atoms with Crippen molar-refractivity contribution < 1.29 is 14.3 Å². The molecule has 0 aromatic rings. The normalized spacial score (nSPS) is 23.3. The summed E-state index contributed by atoms with van der Waals surface area (Å²) in [4.78, 5) is 10.7. The van der Waals surface area contributed by atoms with Crippen molar-refractivity contribution in [2.45, 2.75) is 31.8 Å². The van der Waals surface area contributed by atoms with E-state index in [0.717, 1.165) is 25.9 Å². The summed E-state index contributed by atoms with van der Waals surface area (Å²) in [5, 5.41) is 0. The number of hydrogen-bond acceptors (Lipinski definition) is 3. The van der Waals surface area contributed by atoms with Crippen molar-refractivity contribution in [3.8, 4) is 0 Å². The van der Waals surface area contributed by atoms with Gasteiger partial charge in [-0.3, -0.25) is 0 Å². The Hall–Kier alpha value is -0.830. The molecule has 1 aliphatic heterocycles. The molecule has 0 N–H and O–H groups in total. The van der Waals surface area contributed by atoms with Crippen LogP contribution >= 0.6 is 0 Å². The zero-order valence-electron chi connectivity index (χ0n) is 7.99. The van der Waals surface area contributed by atoms with Crippen LogP contribution in [-0.4, -0.2) is 25.8 Å². The minimum atomic E-state index is -0.296. The predicted molar refractivity (Wildman–Crippen MR) is 49.4 cm³/mol. The second-order valence-electron chi connectivity index (χ2n) is 3.15. The molecule has 1 atom stereocenters. The first kappa shape index (κ1) is 10.3. The standard InChI is InChI=1S/C10H16O3/c1-12-10(11)7-4-6-9-5-2-3-8-13-9/h4,7,9H,2-3,5-6,8H2,1H3/b7-4+. The largest absolute Gasteiger partial charge is 0.466 e. The van der Waals surface area contributed by atoms with E-state index in [1.165, 1.54) is 19.6 Å². The fourth-order valence-electron chi connectivity index (χ4n) is 1.38. The molecule has 13 heavy (non-hydrogen) atoms. The molecule has 0 bridgehead atoms. The molecule has 0 amide bonds. The summed E-state index contributed by atoms with van der Waals surface area (Å²) < 4.78 is 9.96. The molecule has 1 heterocycles. The van der Waals surface area contributed by atoms with E-state index in [4.69, 9.17) is 4.74 Å². The molecule has 1 saturated heterocycles. The van der Waals surface area contributed by atoms with E-state index in [0.29, 0.717) is 6.10 Å². The molecule has 1 unspecified atom stereocenters. The fourth-order valence-corrected chi connectivity index (χ4v) is 1.38. The van der Waals surface area contributed by atoms with Gasteiger partial charge in [0.1, 0.15) is 0 Å². The van der Waals surface area contributed by atoms with Crippen molar-refractivity contribution in [3.63, 3.8) is 0 Å². The minimum absolute atomic E-state index is 0.296. The highest BCUT2D eigenvalue weighted by molar-refractivity contribution is 5.81. The number of hydrogen-bond donors (Lipinski definition) is 0. The second-order valence-corrected chi connectivity index (χ2v) is 3.15. The summed E-state index contributed by atoms with van der Waals surface area (Å²) >= 11 is 0. The third-order valence-corrected chi connectivity index (χ3v) is 2.13. The lowest BCUT2D eigenvalue weighted by molar-refractivity contribution is -0.134. The summed E-state index contributed by atoms with van der Waals surface area (Å²) in [6, 6.07) is 0. The van der Waals surface area contributed by atoms with Crippen LogP contribution in [0.15, 0.2) is 12.2 Å². The predicted octanol–water partition coefficient (Wildman–Crippen LogP) is 1.67. The van der Waals surface area contributed by atoms with E-state index in [1.54, 1.807) is 0 Å². The third-order valence-electron chi connectivity index (χ3n) is 2.13. The molecule has 1 rings (SSSR count). The van der Waals surface area contributed by atoms with Gasteiger partial charge in [0.25, 0.3) is 0 Å². The highest BCUT2D eigenvalue weighted by atomic mass is 16.5. The van der Waals surface area contributed by atoms with Crippen LogP contribution in [0, 0.1) is 0 Å². The number of ether oxygens (including phenoxy) is 2. The maximum Gasteiger partial charge on any atom is 0.330 e. The maximum absolute atomic E-state index is 10.7. The van der Waals surface area contributed by atoms with Gasteiger partial charge in [-0.15, -0.1) is 0 Å². The van der Waals surface area contributed by atoms with Crippen molar-refractivity contribution in [3.05, 3.63) is 12.2 Å². The molecular weight excluding hydrogens is 168 g/mol. The van der Waals surface area contributed by atoms with Gasteiger partial charge in [-0.25, -0.2) is 4.79 Å². The summed E-state index contributed by atoms with van der Waals surface area (Å²) in [5.74, 6) is -0.296. The Kier molecular flexibility index (Phi) is 4.54. The van der Waals surface area contributed by atoms with Crippen molar-refractivity contribution in [2.75, 3.05) is 13.7 Å². The maximum atomic E-state index is 10.7. The topological polar surface area (TPSA) is 35.5 Å². The fraction of sp³-hybridized carbons (Fsp3) is 0.700. The van der Waals surface area contributed by atoms with E-state index in [1.807, 2.05) is 6.08 Å². The van der Waals surface area contributed by atoms with Gasteiger partial charge >= 0.3 is 5.97 Å². The molecule has 0 saturated carbocycles. The molecule has 0 radical (unpaired) electrons. The summed E-state index contributed by atoms with van der Waals surface area (Å²) in [6.45, 7) is 0.858. The van der Waals surface area contributed by atoms with Crippen LogP contribution in [0.3, 0.4) is 0 Å². The van der Waals surface area contributed by atoms with Crippen molar-refractivity contribution in [1.29, 1.82) is 0 Å². The third kappa shape index (κ3) is 4.08. The zero-order chi connectivity index (χ0) is 9.52. The van der Waals surface area contributed by atoms with E-state index in [-0.39, 0.29) is 5.97 Å². The Labute approximate surface area is 78.7 Å². The van der Waals surface area contributed by atoms with Crippen LogP contribution in [0.4, 0.5) is 0 Å². The summed E-state index contributed by atoms with van der Waals surface area (Å²) in [5.41, 5.74) is 0. The van der Waals surface area contributed by atoms with Crippen molar-refractivity contribution in [2.24, 2.45) is 0 Å². The van der Waals surface area contributed by atoms with Crippen LogP contribution in [0.2, 0.25) is 0 Å². The average Bonchev–Trinajstić information content (AvgIpc) is 2.19. The second kappa shape index (κ2) is 5.75. The van der Waals surface area contributed by atoms with Crippen molar-refractivity contribution >= 4 is 5.97 Å². The molecule has 1 aliphatic rings. The molecule has 0 aliphatic carbocycles. The first-order chi connectivity index (χ1) is 6.33. The Morgan fingerprint density at radius 1 is 1.62 bits per heavy atom. The summed E-state index contributed by atoms with van der Waals surface area (Å²) in [6.07, 6.45) is 7.89. The van der Waals surface area contributed by atoms with Gasteiger partial charge in [0.15, 0.2) is 0 Å². The Morgan fingerprint density at radius 3 is 3.08 bits per heavy atom. The smallest absolute Gasteiger partial charge is 0.330 e. The van der Waals surface area contributed by atoms with E-state index in [2.05, 4.69) is 4.74 Å². The quantitative estimate of drug-likeness (QED) is 0.494. The molecule has 0 aromatic heterocycles. The van der Waals surface area contributed by atoms with E-state index >= 15 is 0 Å². The lowest BCUT2D eigenvalue weighted by Crippen LogP contribution is -2.17. The molecule has 0 aromatic carbocycles. The van der Waals surface area contributed by atoms with Crippen molar-refractivity contribution in [1.82, 2.24) is 0 Å². The van der Waals surface area contributed by atoms with Gasteiger partial charge in [0, 0.05) is 12.7 Å². The SMILES string of the molecule is COC(=O)/C=C/CC1CCCCO1. The van der Waals surface area contributed by atoms with E-state index in [9.17, 15) is 4.79 Å². The number of carbonyl (C=O) groups is 1. The van der Waals surface area contributed by atoms with Gasteiger partial charge in [0.05, 0.1) is 13.2 Å². The van der Waals surface area contributed by atoms with Crippen LogP contribution in [0.5, 0.6) is 0 Å². The molecule has 0 spiro atoms. The lowest BCUT2D eigenvalue weighted by Gasteiger charge is -2.20. The lowest BCUT2D eigenvalue weighted by atomic mass is 10.1. The Bertz CT molecular complexity index is 181. The van der Waals surface area contributed by atoms with Gasteiger partial charge < -0.3 is 9.47 Å². The first-order valence-corrected chi connectivity index (χ1v) is 4.69. The van der Waals surface area contributed by atoms with Crippen LogP contribution in [0.25, 0.3) is 0 Å². The van der Waals surface area contributed by atoms with Crippen LogP contribution in [-0.2, 0) is 14.3 Å². The average molecular weight is 184 g/mol. The number of carbonyl (C=O) groups excluding carboxylic acids is 1. The molecule has 74 valence electrons. The number of esters is 1. The van der Waals surface area contributed by atoms with Crippen LogP contribution < -0.4 is 0 Å². The van der Waals surface area contributed by atoms with Gasteiger partial charge in [-0.1, -0.05) is 6.08 Å². The molecular formula is C10H16O3. The molecule has 3 nitrogen and oxygen atoms in total. The first-order valence-electron chi connectivity index (χ1n) is 4.69. The monoisotopic (exact) mass is 184 g/mol. The zero-order valence-corrected chi connectivity index (χ0v) is 7.99. The molecule has 1 fully saturated rings. The van der Waals surface area contributed by atoms with E-state index < -0.39 is 0 Å². The number of rotatable bonds is 3. The van der Waals surface area contributed by atoms with Gasteiger partial charge in [-0.2, -0.15) is 0 Å². The summed E-state index contributed by atoms with van der Waals surface area (Å²) in [7, 11) is 1.38. The highest BCUT2D eigenvalue weighted by Gasteiger charge is 2.11.